The molecule has 2 saturated heterocycles. The second kappa shape index (κ2) is 9.33. The van der Waals surface area contributed by atoms with E-state index in [9.17, 15) is 9.59 Å². The lowest BCUT2D eigenvalue weighted by Gasteiger charge is -2.37. The maximum Gasteiger partial charge on any atom is 0.241 e. The van der Waals surface area contributed by atoms with Gasteiger partial charge in [0.15, 0.2) is 0 Å². The second-order valence-corrected chi connectivity index (χ2v) is 7.46. The Kier molecular flexibility index (Phi) is 6.85. The van der Waals surface area contributed by atoms with E-state index in [1.165, 1.54) is 5.56 Å². The zero-order valence-electron chi connectivity index (χ0n) is 16.4. The minimum Gasteiger partial charge on any atom is -0.378 e. The van der Waals surface area contributed by atoms with E-state index in [2.05, 4.69) is 17.1 Å². The predicted octanol–water partition coefficient (Wildman–Crippen LogP) is 2.15. The Morgan fingerprint density at radius 1 is 1.11 bits per heavy atom. The molecule has 2 heterocycles. The molecule has 1 atom stereocenters. The number of carbonyl (C=O) groups excluding carboxylic acids is 2. The molecule has 0 saturated carbocycles. The Balaban J connectivity index is 1.47. The third-order valence-electron chi connectivity index (χ3n) is 5.76. The SMILES string of the molecule is CCc1ccc(NC(=O)[C@@H](C)N2CCC(C(=O)N3CCOCC3)CC2)cc1. The number of ether oxygens (including phenoxy) is 1. The van der Waals surface area contributed by atoms with E-state index in [-0.39, 0.29) is 23.8 Å². The topological polar surface area (TPSA) is 61.9 Å². The van der Waals surface area contributed by atoms with Gasteiger partial charge in [0, 0.05) is 24.7 Å². The van der Waals surface area contributed by atoms with Crippen molar-refractivity contribution in [2.24, 2.45) is 5.92 Å². The van der Waals surface area contributed by atoms with Crippen LogP contribution in [0.25, 0.3) is 0 Å². The number of aryl methyl sites for hydroxylation is 1. The van der Waals surface area contributed by atoms with Crippen LogP contribution >= 0.6 is 0 Å². The first-order valence-electron chi connectivity index (χ1n) is 10.1. The molecule has 0 bridgehead atoms. The van der Waals surface area contributed by atoms with Crippen LogP contribution in [0.3, 0.4) is 0 Å². The van der Waals surface area contributed by atoms with Crippen LogP contribution in [0.1, 0.15) is 32.3 Å². The molecular formula is C21H31N3O3. The Hall–Kier alpha value is -1.92. The largest absolute Gasteiger partial charge is 0.378 e. The summed E-state index contributed by atoms with van der Waals surface area (Å²) >= 11 is 0. The average Bonchev–Trinajstić information content (AvgIpc) is 2.74. The molecule has 2 fully saturated rings. The highest BCUT2D eigenvalue weighted by atomic mass is 16.5. The van der Waals surface area contributed by atoms with Crippen molar-refractivity contribution in [1.82, 2.24) is 9.80 Å². The molecule has 0 radical (unpaired) electrons. The van der Waals surface area contributed by atoms with Gasteiger partial charge in [0.25, 0.3) is 0 Å². The zero-order chi connectivity index (χ0) is 19.2. The van der Waals surface area contributed by atoms with Gasteiger partial charge in [-0.1, -0.05) is 19.1 Å². The number of piperidine rings is 1. The third kappa shape index (κ3) is 5.08. The summed E-state index contributed by atoms with van der Waals surface area (Å²) < 4.78 is 5.33. The first-order chi connectivity index (χ1) is 13.1. The minimum atomic E-state index is -0.199. The maximum atomic E-state index is 12.6. The number of hydrogen-bond acceptors (Lipinski definition) is 4. The quantitative estimate of drug-likeness (QED) is 0.859. The Morgan fingerprint density at radius 2 is 1.74 bits per heavy atom. The summed E-state index contributed by atoms with van der Waals surface area (Å²) in [5, 5.41) is 3.01. The molecule has 2 amide bonds. The Bertz CT molecular complexity index is 633. The molecule has 1 N–H and O–H groups in total. The molecule has 2 aliphatic heterocycles. The Morgan fingerprint density at radius 3 is 2.33 bits per heavy atom. The van der Waals surface area contributed by atoms with Gasteiger partial charge in [-0.05, 0) is 57.0 Å². The van der Waals surface area contributed by atoms with E-state index < -0.39 is 0 Å². The average molecular weight is 373 g/mol. The zero-order valence-corrected chi connectivity index (χ0v) is 16.4. The molecule has 3 rings (SSSR count). The van der Waals surface area contributed by atoms with E-state index >= 15 is 0 Å². The summed E-state index contributed by atoms with van der Waals surface area (Å²) in [4.78, 5) is 29.3. The molecule has 0 aromatic heterocycles. The number of morpholine rings is 1. The molecule has 0 spiro atoms. The van der Waals surface area contributed by atoms with Crippen molar-refractivity contribution in [2.45, 2.75) is 39.2 Å². The fraction of sp³-hybridized carbons (Fsp3) is 0.619. The van der Waals surface area contributed by atoms with Crippen LogP contribution in [0.4, 0.5) is 5.69 Å². The van der Waals surface area contributed by atoms with Crippen molar-refractivity contribution in [1.29, 1.82) is 0 Å². The maximum absolute atomic E-state index is 12.6. The van der Waals surface area contributed by atoms with E-state index in [0.29, 0.717) is 26.3 Å². The molecule has 2 aliphatic rings. The van der Waals surface area contributed by atoms with Crippen LogP contribution in [0.2, 0.25) is 0 Å². The number of likely N-dealkylation sites (tertiary alicyclic amines) is 1. The predicted molar refractivity (Wildman–Crippen MR) is 106 cm³/mol. The standard InChI is InChI=1S/C21H31N3O3/c1-3-17-4-6-19(7-5-17)22-20(25)16(2)23-10-8-18(9-11-23)21(26)24-12-14-27-15-13-24/h4-7,16,18H,3,8-15H2,1-2H3,(H,22,25)/t16-/m1/s1. The molecule has 148 valence electrons. The summed E-state index contributed by atoms with van der Waals surface area (Å²) in [5.41, 5.74) is 2.09. The van der Waals surface area contributed by atoms with Crippen LogP contribution in [0, 0.1) is 5.92 Å². The van der Waals surface area contributed by atoms with E-state index in [4.69, 9.17) is 4.74 Å². The summed E-state index contributed by atoms with van der Waals surface area (Å²) in [7, 11) is 0. The normalized spacial score (nSPS) is 20.3. The summed E-state index contributed by atoms with van der Waals surface area (Å²) in [6.45, 7) is 8.31. The van der Waals surface area contributed by atoms with E-state index in [1.54, 1.807) is 0 Å². The lowest BCUT2D eigenvalue weighted by Crippen LogP contribution is -2.50. The van der Waals surface area contributed by atoms with Crippen molar-refractivity contribution in [3.63, 3.8) is 0 Å². The van der Waals surface area contributed by atoms with E-state index in [1.807, 2.05) is 36.1 Å². The van der Waals surface area contributed by atoms with Crippen molar-refractivity contribution in [3.05, 3.63) is 29.8 Å². The molecule has 1 aromatic carbocycles. The summed E-state index contributed by atoms with van der Waals surface area (Å²) in [6, 6.07) is 7.80. The number of nitrogens with one attached hydrogen (secondary N) is 1. The molecule has 0 aliphatic carbocycles. The van der Waals surface area contributed by atoms with Crippen LogP contribution in [0.5, 0.6) is 0 Å². The smallest absolute Gasteiger partial charge is 0.241 e. The number of amides is 2. The summed E-state index contributed by atoms with van der Waals surface area (Å²) in [5.74, 6) is 0.347. The van der Waals surface area contributed by atoms with Gasteiger partial charge in [0.1, 0.15) is 0 Å². The Labute approximate surface area is 161 Å². The lowest BCUT2D eigenvalue weighted by molar-refractivity contribution is -0.141. The molecule has 1 aromatic rings. The third-order valence-corrected chi connectivity index (χ3v) is 5.76. The second-order valence-electron chi connectivity index (χ2n) is 7.46. The molecule has 6 nitrogen and oxygen atoms in total. The lowest BCUT2D eigenvalue weighted by atomic mass is 9.94. The molecular weight excluding hydrogens is 342 g/mol. The van der Waals surface area contributed by atoms with Crippen LogP contribution in [-0.4, -0.2) is 67.0 Å². The number of hydrogen-bond donors (Lipinski definition) is 1. The van der Waals surface area contributed by atoms with Gasteiger partial charge in [0.2, 0.25) is 11.8 Å². The van der Waals surface area contributed by atoms with Crippen LogP contribution in [0.15, 0.2) is 24.3 Å². The van der Waals surface area contributed by atoms with Crippen molar-refractivity contribution >= 4 is 17.5 Å². The van der Waals surface area contributed by atoms with Gasteiger partial charge in [-0.15, -0.1) is 0 Å². The van der Waals surface area contributed by atoms with Gasteiger partial charge in [-0.25, -0.2) is 0 Å². The van der Waals surface area contributed by atoms with Crippen LogP contribution in [-0.2, 0) is 20.7 Å². The molecule has 0 unspecified atom stereocenters. The molecule has 6 heteroatoms. The van der Waals surface area contributed by atoms with Crippen molar-refractivity contribution < 1.29 is 14.3 Å². The number of nitrogens with zero attached hydrogens (tertiary/aromatic N) is 2. The van der Waals surface area contributed by atoms with Gasteiger partial charge < -0.3 is 15.0 Å². The fourth-order valence-corrected chi connectivity index (χ4v) is 3.81. The minimum absolute atomic E-state index is 0.0113. The van der Waals surface area contributed by atoms with Gasteiger partial charge in [-0.2, -0.15) is 0 Å². The number of carbonyl (C=O) groups is 2. The number of benzene rings is 1. The van der Waals surface area contributed by atoms with Crippen molar-refractivity contribution in [3.8, 4) is 0 Å². The number of rotatable bonds is 5. The molecule has 27 heavy (non-hydrogen) atoms. The summed E-state index contributed by atoms with van der Waals surface area (Å²) in [6.07, 6.45) is 2.63. The fourth-order valence-electron chi connectivity index (χ4n) is 3.81. The monoisotopic (exact) mass is 373 g/mol. The van der Waals surface area contributed by atoms with Gasteiger partial charge in [-0.3, -0.25) is 14.5 Å². The van der Waals surface area contributed by atoms with Crippen LogP contribution < -0.4 is 5.32 Å². The van der Waals surface area contributed by atoms with Gasteiger partial charge >= 0.3 is 0 Å². The van der Waals surface area contributed by atoms with Gasteiger partial charge in [0.05, 0.1) is 19.3 Å². The number of anilines is 1. The van der Waals surface area contributed by atoms with E-state index in [0.717, 1.165) is 38.0 Å². The van der Waals surface area contributed by atoms with Crippen molar-refractivity contribution in [2.75, 3.05) is 44.7 Å². The first-order valence-corrected chi connectivity index (χ1v) is 10.1. The highest BCUT2D eigenvalue weighted by molar-refractivity contribution is 5.94. The highest BCUT2D eigenvalue weighted by Gasteiger charge is 2.32. The first kappa shape index (κ1) is 19.8. The highest BCUT2D eigenvalue weighted by Crippen LogP contribution is 2.22.